The Bertz CT molecular complexity index is 456. The SMILES string of the molecule is CCCCCCCC=CCCCCCCCC(=O)Nc1ccncc1. The lowest BCUT2D eigenvalue weighted by molar-refractivity contribution is -0.116. The number of unbranched alkanes of at least 4 members (excludes halogenated alkanes) is 10. The van der Waals surface area contributed by atoms with Gasteiger partial charge in [-0.25, -0.2) is 0 Å². The number of amides is 1. The number of allylic oxidation sites excluding steroid dienone is 2. The zero-order valence-electron chi connectivity index (χ0n) is 16.0. The van der Waals surface area contributed by atoms with Crippen LogP contribution in [0.2, 0.25) is 0 Å². The van der Waals surface area contributed by atoms with Gasteiger partial charge in [-0.1, -0.05) is 64.0 Å². The van der Waals surface area contributed by atoms with Crippen molar-refractivity contribution in [1.82, 2.24) is 4.98 Å². The van der Waals surface area contributed by atoms with Gasteiger partial charge in [0.2, 0.25) is 5.91 Å². The fourth-order valence-corrected chi connectivity index (χ4v) is 2.84. The molecular weight excluding hydrogens is 308 g/mol. The second kappa shape index (κ2) is 15.9. The molecule has 1 rings (SSSR count). The molecule has 1 aromatic rings. The fourth-order valence-electron chi connectivity index (χ4n) is 2.84. The largest absolute Gasteiger partial charge is 0.326 e. The zero-order valence-corrected chi connectivity index (χ0v) is 16.0. The molecule has 0 saturated heterocycles. The van der Waals surface area contributed by atoms with Crippen molar-refractivity contribution in [3.05, 3.63) is 36.7 Å². The molecule has 0 aliphatic carbocycles. The van der Waals surface area contributed by atoms with Crippen LogP contribution in [0.25, 0.3) is 0 Å². The Morgan fingerprint density at radius 1 is 0.880 bits per heavy atom. The zero-order chi connectivity index (χ0) is 18.0. The summed E-state index contributed by atoms with van der Waals surface area (Å²) in [7, 11) is 0. The molecule has 0 aliphatic heterocycles. The van der Waals surface area contributed by atoms with E-state index < -0.39 is 0 Å². The van der Waals surface area contributed by atoms with Crippen molar-refractivity contribution >= 4 is 11.6 Å². The number of rotatable bonds is 15. The Balaban J connectivity index is 1.85. The number of nitrogens with one attached hydrogen (secondary N) is 1. The molecule has 0 atom stereocenters. The Kier molecular flexibility index (Phi) is 13.6. The van der Waals surface area contributed by atoms with Gasteiger partial charge in [-0.3, -0.25) is 9.78 Å². The Hall–Kier alpha value is -1.64. The van der Waals surface area contributed by atoms with E-state index in [2.05, 4.69) is 29.4 Å². The van der Waals surface area contributed by atoms with Crippen LogP contribution >= 0.6 is 0 Å². The Morgan fingerprint density at radius 2 is 1.44 bits per heavy atom. The van der Waals surface area contributed by atoms with E-state index in [-0.39, 0.29) is 5.91 Å². The predicted molar refractivity (Wildman–Crippen MR) is 108 cm³/mol. The van der Waals surface area contributed by atoms with Gasteiger partial charge in [0.25, 0.3) is 0 Å². The van der Waals surface area contributed by atoms with Crippen LogP contribution in [0.15, 0.2) is 36.7 Å². The normalized spacial score (nSPS) is 11.1. The standard InChI is InChI=1S/C22H36N2O/c1-2-3-4-5-6-7-8-9-10-11-12-13-14-15-16-22(25)24-21-17-19-23-20-18-21/h8-9,17-20H,2-7,10-16H2,1H3,(H,23,24,25). The van der Waals surface area contributed by atoms with Crippen LogP contribution in [-0.2, 0) is 4.79 Å². The van der Waals surface area contributed by atoms with Crippen molar-refractivity contribution in [3.8, 4) is 0 Å². The van der Waals surface area contributed by atoms with Gasteiger partial charge in [-0.05, 0) is 44.2 Å². The highest BCUT2D eigenvalue weighted by molar-refractivity contribution is 5.90. The molecule has 0 radical (unpaired) electrons. The quantitative estimate of drug-likeness (QED) is 0.285. The molecule has 140 valence electrons. The highest BCUT2D eigenvalue weighted by Crippen LogP contribution is 2.10. The summed E-state index contributed by atoms with van der Waals surface area (Å²) in [4.78, 5) is 15.7. The summed E-state index contributed by atoms with van der Waals surface area (Å²) >= 11 is 0. The molecule has 1 heterocycles. The second-order valence-electron chi connectivity index (χ2n) is 6.76. The van der Waals surface area contributed by atoms with Crippen LogP contribution in [-0.4, -0.2) is 10.9 Å². The summed E-state index contributed by atoms with van der Waals surface area (Å²) in [5, 5.41) is 2.90. The van der Waals surface area contributed by atoms with Crippen molar-refractivity contribution < 1.29 is 4.79 Å². The minimum Gasteiger partial charge on any atom is -0.326 e. The van der Waals surface area contributed by atoms with Crippen LogP contribution in [0.1, 0.15) is 90.4 Å². The molecule has 1 N–H and O–H groups in total. The summed E-state index contributed by atoms with van der Waals surface area (Å²) < 4.78 is 0. The lowest BCUT2D eigenvalue weighted by atomic mass is 10.1. The smallest absolute Gasteiger partial charge is 0.224 e. The summed E-state index contributed by atoms with van der Waals surface area (Å²) in [6.07, 6.45) is 23.9. The van der Waals surface area contributed by atoms with E-state index in [1.807, 2.05) is 12.1 Å². The van der Waals surface area contributed by atoms with Crippen molar-refractivity contribution in [2.75, 3.05) is 5.32 Å². The number of hydrogen-bond donors (Lipinski definition) is 1. The topological polar surface area (TPSA) is 42.0 Å². The minimum atomic E-state index is 0.105. The lowest BCUT2D eigenvalue weighted by Crippen LogP contribution is -2.10. The maximum Gasteiger partial charge on any atom is 0.224 e. The Morgan fingerprint density at radius 3 is 2.08 bits per heavy atom. The summed E-state index contributed by atoms with van der Waals surface area (Å²) in [5.74, 6) is 0.105. The van der Waals surface area contributed by atoms with Gasteiger partial charge in [-0.15, -0.1) is 0 Å². The molecule has 0 spiro atoms. The average Bonchev–Trinajstić information content (AvgIpc) is 2.63. The van der Waals surface area contributed by atoms with E-state index in [4.69, 9.17) is 0 Å². The van der Waals surface area contributed by atoms with E-state index in [9.17, 15) is 4.79 Å². The molecule has 1 amide bonds. The van der Waals surface area contributed by atoms with Crippen LogP contribution in [0.5, 0.6) is 0 Å². The van der Waals surface area contributed by atoms with Gasteiger partial charge < -0.3 is 5.32 Å². The highest BCUT2D eigenvalue weighted by Gasteiger charge is 2.01. The van der Waals surface area contributed by atoms with E-state index >= 15 is 0 Å². The average molecular weight is 345 g/mol. The van der Waals surface area contributed by atoms with Crippen LogP contribution in [0.4, 0.5) is 5.69 Å². The minimum absolute atomic E-state index is 0.105. The first-order valence-corrected chi connectivity index (χ1v) is 10.2. The van der Waals surface area contributed by atoms with E-state index in [0.717, 1.165) is 18.5 Å². The first-order valence-electron chi connectivity index (χ1n) is 10.2. The van der Waals surface area contributed by atoms with E-state index in [0.29, 0.717) is 6.42 Å². The molecule has 0 aliphatic rings. The maximum atomic E-state index is 11.8. The fraction of sp³-hybridized carbons (Fsp3) is 0.636. The van der Waals surface area contributed by atoms with Gasteiger partial charge >= 0.3 is 0 Å². The molecule has 3 heteroatoms. The van der Waals surface area contributed by atoms with Crippen molar-refractivity contribution in [3.63, 3.8) is 0 Å². The number of carbonyl (C=O) groups is 1. The third-order valence-electron chi connectivity index (χ3n) is 4.38. The van der Waals surface area contributed by atoms with E-state index in [1.54, 1.807) is 12.4 Å². The number of hydrogen-bond acceptors (Lipinski definition) is 2. The maximum absolute atomic E-state index is 11.8. The Labute approximate surface area is 154 Å². The van der Waals surface area contributed by atoms with Crippen molar-refractivity contribution in [2.45, 2.75) is 90.4 Å². The van der Waals surface area contributed by atoms with Crippen LogP contribution in [0.3, 0.4) is 0 Å². The summed E-state index contributed by atoms with van der Waals surface area (Å²) in [6.45, 7) is 2.26. The van der Waals surface area contributed by atoms with Gasteiger partial charge in [0, 0.05) is 24.5 Å². The third kappa shape index (κ3) is 13.3. The summed E-state index contributed by atoms with van der Waals surface area (Å²) in [5.41, 5.74) is 0.831. The van der Waals surface area contributed by atoms with Crippen molar-refractivity contribution in [2.24, 2.45) is 0 Å². The molecular formula is C22H36N2O. The summed E-state index contributed by atoms with van der Waals surface area (Å²) in [6, 6.07) is 3.63. The highest BCUT2D eigenvalue weighted by atomic mass is 16.1. The number of pyridine rings is 1. The van der Waals surface area contributed by atoms with Crippen LogP contribution in [0, 0.1) is 0 Å². The molecule has 0 fully saturated rings. The molecule has 0 saturated carbocycles. The predicted octanol–water partition coefficient (Wildman–Crippen LogP) is 6.67. The second-order valence-corrected chi connectivity index (χ2v) is 6.76. The molecule has 0 aromatic carbocycles. The molecule has 25 heavy (non-hydrogen) atoms. The number of nitrogens with zero attached hydrogens (tertiary/aromatic N) is 1. The third-order valence-corrected chi connectivity index (χ3v) is 4.38. The lowest BCUT2D eigenvalue weighted by Gasteiger charge is -2.04. The van der Waals surface area contributed by atoms with Gasteiger partial charge in [0.1, 0.15) is 0 Å². The first kappa shape index (κ1) is 21.4. The number of carbonyl (C=O) groups excluding carboxylic acids is 1. The van der Waals surface area contributed by atoms with Gasteiger partial charge in [0.05, 0.1) is 0 Å². The number of aromatic nitrogens is 1. The van der Waals surface area contributed by atoms with Gasteiger partial charge in [0.15, 0.2) is 0 Å². The number of anilines is 1. The van der Waals surface area contributed by atoms with Crippen molar-refractivity contribution in [1.29, 1.82) is 0 Å². The van der Waals surface area contributed by atoms with Crippen LogP contribution < -0.4 is 5.32 Å². The molecule has 0 unspecified atom stereocenters. The first-order chi connectivity index (χ1) is 12.3. The molecule has 0 bridgehead atoms. The molecule has 3 nitrogen and oxygen atoms in total. The van der Waals surface area contributed by atoms with E-state index in [1.165, 1.54) is 64.2 Å². The monoisotopic (exact) mass is 344 g/mol. The van der Waals surface area contributed by atoms with Gasteiger partial charge in [-0.2, -0.15) is 0 Å². The molecule has 1 aromatic heterocycles.